The quantitative estimate of drug-likeness (QED) is 0.639. The zero-order valence-corrected chi connectivity index (χ0v) is 7.94. The first-order valence-corrected chi connectivity index (χ1v) is 4.48. The highest BCUT2D eigenvalue weighted by molar-refractivity contribution is 7.80. The Labute approximate surface area is 74.0 Å². The standard InChI is InChI=1S/C10H14S/c1-3-8(2)9-6-4-5-7-10(9)11/h4-8,11H,3H2,1-2H3. The third kappa shape index (κ3) is 2.00. The van der Waals surface area contributed by atoms with Gasteiger partial charge >= 0.3 is 0 Å². The zero-order chi connectivity index (χ0) is 8.27. The highest BCUT2D eigenvalue weighted by Crippen LogP contribution is 2.24. The van der Waals surface area contributed by atoms with E-state index in [1.54, 1.807) is 0 Å². The molecule has 1 rings (SSSR count). The normalized spacial score (nSPS) is 13.0. The maximum Gasteiger partial charge on any atom is 0.00747 e. The smallest absolute Gasteiger partial charge is 0.00747 e. The van der Waals surface area contributed by atoms with Gasteiger partial charge in [0.05, 0.1) is 0 Å². The van der Waals surface area contributed by atoms with Crippen molar-refractivity contribution in [3.05, 3.63) is 29.8 Å². The summed E-state index contributed by atoms with van der Waals surface area (Å²) in [5.41, 5.74) is 1.36. The van der Waals surface area contributed by atoms with Gasteiger partial charge in [-0.15, -0.1) is 12.6 Å². The number of hydrogen-bond acceptors (Lipinski definition) is 1. The average Bonchev–Trinajstić information content (AvgIpc) is 2.04. The van der Waals surface area contributed by atoms with Crippen LogP contribution in [0.2, 0.25) is 0 Å². The average molecular weight is 166 g/mol. The minimum absolute atomic E-state index is 0.628. The van der Waals surface area contributed by atoms with Crippen molar-refractivity contribution in [3.8, 4) is 0 Å². The van der Waals surface area contributed by atoms with Gasteiger partial charge in [0.25, 0.3) is 0 Å². The number of hydrogen-bond donors (Lipinski definition) is 1. The largest absolute Gasteiger partial charge is 0.143 e. The topological polar surface area (TPSA) is 0 Å². The van der Waals surface area contributed by atoms with E-state index in [4.69, 9.17) is 0 Å². The molecule has 0 aliphatic rings. The Morgan fingerprint density at radius 2 is 2.00 bits per heavy atom. The molecule has 0 heterocycles. The zero-order valence-electron chi connectivity index (χ0n) is 7.04. The van der Waals surface area contributed by atoms with Crippen LogP contribution < -0.4 is 0 Å². The number of rotatable bonds is 2. The Kier molecular flexibility index (Phi) is 3.01. The molecule has 1 unspecified atom stereocenters. The first-order chi connectivity index (χ1) is 5.25. The lowest BCUT2D eigenvalue weighted by Crippen LogP contribution is -1.91. The molecular weight excluding hydrogens is 152 g/mol. The fraction of sp³-hybridized carbons (Fsp3) is 0.400. The van der Waals surface area contributed by atoms with E-state index >= 15 is 0 Å². The third-order valence-electron chi connectivity index (χ3n) is 2.08. The lowest BCUT2D eigenvalue weighted by atomic mass is 9.99. The second-order valence-electron chi connectivity index (χ2n) is 2.87. The highest BCUT2D eigenvalue weighted by Gasteiger charge is 2.04. The van der Waals surface area contributed by atoms with Gasteiger partial charge in [0.1, 0.15) is 0 Å². The molecular formula is C10H14S. The lowest BCUT2D eigenvalue weighted by Gasteiger charge is -2.10. The van der Waals surface area contributed by atoms with E-state index in [2.05, 4.69) is 38.6 Å². The van der Waals surface area contributed by atoms with Crippen molar-refractivity contribution in [2.24, 2.45) is 0 Å². The van der Waals surface area contributed by atoms with Crippen molar-refractivity contribution in [2.45, 2.75) is 31.1 Å². The van der Waals surface area contributed by atoms with Gasteiger partial charge in [-0.1, -0.05) is 32.0 Å². The summed E-state index contributed by atoms with van der Waals surface area (Å²) in [6, 6.07) is 8.29. The molecule has 0 aliphatic carbocycles. The summed E-state index contributed by atoms with van der Waals surface area (Å²) in [6.07, 6.45) is 1.18. The van der Waals surface area contributed by atoms with E-state index in [9.17, 15) is 0 Å². The second-order valence-corrected chi connectivity index (χ2v) is 3.35. The van der Waals surface area contributed by atoms with E-state index in [1.807, 2.05) is 12.1 Å². The maximum absolute atomic E-state index is 4.39. The SMILES string of the molecule is CCC(C)c1ccccc1S. The van der Waals surface area contributed by atoms with Gasteiger partial charge in [-0.2, -0.15) is 0 Å². The summed E-state index contributed by atoms with van der Waals surface area (Å²) >= 11 is 4.39. The molecule has 0 fully saturated rings. The molecule has 1 aromatic carbocycles. The Morgan fingerprint density at radius 3 is 2.55 bits per heavy atom. The van der Waals surface area contributed by atoms with Crippen LogP contribution in [0, 0.1) is 0 Å². The molecule has 0 N–H and O–H groups in total. The number of thiol groups is 1. The predicted molar refractivity (Wildman–Crippen MR) is 52.4 cm³/mol. The fourth-order valence-electron chi connectivity index (χ4n) is 1.12. The molecule has 0 bridgehead atoms. The third-order valence-corrected chi connectivity index (χ3v) is 2.49. The van der Waals surface area contributed by atoms with Crippen LogP contribution in [0.5, 0.6) is 0 Å². The molecule has 0 radical (unpaired) electrons. The predicted octanol–water partition coefficient (Wildman–Crippen LogP) is 3.49. The van der Waals surface area contributed by atoms with Crippen LogP contribution in [0.4, 0.5) is 0 Å². The van der Waals surface area contributed by atoms with Crippen molar-refractivity contribution in [1.29, 1.82) is 0 Å². The minimum Gasteiger partial charge on any atom is -0.143 e. The Morgan fingerprint density at radius 1 is 1.36 bits per heavy atom. The van der Waals surface area contributed by atoms with Crippen molar-refractivity contribution < 1.29 is 0 Å². The Balaban J connectivity index is 2.93. The van der Waals surface area contributed by atoms with E-state index in [1.165, 1.54) is 12.0 Å². The van der Waals surface area contributed by atoms with E-state index < -0.39 is 0 Å². The summed E-state index contributed by atoms with van der Waals surface area (Å²) in [5, 5.41) is 0. The van der Waals surface area contributed by atoms with Crippen molar-refractivity contribution in [3.63, 3.8) is 0 Å². The summed E-state index contributed by atoms with van der Waals surface area (Å²) in [4.78, 5) is 1.11. The highest BCUT2D eigenvalue weighted by atomic mass is 32.1. The van der Waals surface area contributed by atoms with Crippen LogP contribution in [-0.4, -0.2) is 0 Å². The Bertz CT molecular complexity index is 230. The maximum atomic E-state index is 4.39. The lowest BCUT2D eigenvalue weighted by molar-refractivity contribution is 0.720. The molecule has 0 spiro atoms. The van der Waals surface area contributed by atoms with Gasteiger partial charge in [0.15, 0.2) is 0 Å². The first-order valence-electron chi connectivity index (χ1n) is 4.03. The molecule has 0 saturated carbocycles. The second kappa shape index (κ2) is 3.82. The molecule has 1 aromatic rings. The first kappa shape index (κ1) is 8.66. The molecule has 0 amide bonds. The molecule has 1 atom stereocenters. The monoisotopic (exact) mass is 166 g/mol. The van der Waals surface area contributed by atoms with E-state index in [0.29, 0.717) is 5.92 Å². The van der Waals surface area contributed by atoms with Gasteiger partial charge in [0.2, 0.25) is 0 Å². The van der Waals surface area contributed by atoms with Crippen molar-refractivity contribution in [1.82, 2.24) is 0 Å². The van der Waals surface area contributed by atoms with Gasteiger partial charge in [-0.05, 0) is 24.0 Å². The summed E-state index contributed by atoms with van der Waals surface area (Å²) in [6.45, 7) is 4.43. The van der Waals surface area contributed by atoms with Crippen molar-refractivity contribution >= 4 is 12.6 Å². The fourth-order valence-corrected chi connectivity index (χ4v) is 1.51. The van der Waals surface area contributed by atoms with Gasteiger partial charge in [0, 0.05) is 4.90 Å². The van der Waals surface area contributed by atoms with Crippen LogP contribution in [-0.2, 0) is 0 Å². The van der Waals surface area contributed by atoms with Crippen LogP contribution in [0.3, 0.4) is 0 Å². The summed E-state index contributed by atoms with van der Waals surface area (Å²) < 4.78 is 0. The molecule has 1 heteroatoms. The van der Waals surface area contributed by atoms with Crippen LogP contribution in [0.15, 0.2) is 29.2 Å². The van der Waals surface area contributed by atoms with Gasteiger partial charge < -0.3 is 0 Å². The molecule has 0 saturated heterocycles. The molecule has 0 aromatic heterocycles. The van der Waals surface area contributed by atoms with Crippen LogP contribution >= 0.6 is 12.6 Å². The minimum atomic E-state index is 0.628. The molecule has 60 valence electrons. The molecule has 0 aliphatic heterocycles. The van der Waals surface area contributed by atoms with E-state index in [0.717, 1.165) is 4.90 Å². The number of benzene rings is 1. The molecule has 0 nitrogen and oxygen atoms in total. The van der Waals surface area contributed by atoms with Gasteiger partial charge in [-0.3, -0.25) is 0 Å². The van der Waals surface area contributed by atoms with Crippen LogP contribution in [0.1, 0.15) is 31.7 Å². The summed E-state index contributed by atoms with van der Waals surface area (Å²) in [7, 11) is 0. The van der Waals surface area contributed by atoms with Crippen molar-refractivity contribution in [2.75, 3.05) is 0 Å². The van der Waals surface area contributed by atoms with Crippen LogP contribution in [0.25, 0.3) is 0 Å². The van der Waals surface area contributed by atoms with Gasteiger partial charge in [-0.25, -0.2) is 0 Å². The Hall–Kier alpha value is -0.430. The van der Waals surface area contributed by atoms with E-state index in [-0.39, 0.29) is 0 Å². The summed E-state index contributed by atoms with van der Waals surface area (Å²) in [5.74, 6) is 0.628. The molecule has 11 heavy (non-hydrogen) atoms.